The molecule has 0 saturated carbocycles. The second-order valence-electron chi connectivity index (χ2n) is 6.09. The van der Waals surface area contributed by atoms with Gasteiger partial charge in [-0.1, -0.05) is 26.0 Å². The lowest BCUT2D eigenvalue weighted by atomic mass is 10.0. The Kier molecular flexibility index (Phi) is 5.60. The number of ether oxygens (including phenoxy) is 2. The van der Waals surface area contributed by atoms with E-state index in [2.05, 4.69) is 13.8 Å². The summed E-state index contributed by atoms with van der Waals surface area (Å²) in [5.41, 5.74) is 1.14. The normalized spacial score (nSPS) is 21.3. The molecule has 23 heavy (non-hydrogen) atoms. The minimum Gasteiger partial charge on any atom is -0.484 e. The highest BCUT2D eigenvalue weighted by Gasteiger charge is 2.32. The lowest BCUT2D eigenvalue weighted by Gasteiger charge is -2.34. The van der Waals surface area contributed by atoms with Gasteiger partial charge in [0.15, 0.2) is 12.7 Å². The summed E-state index contributed by atoms with van der Waals surface area (Å²) in [6.45, 7) is 6.24. The smallest absolute Gasteiger partial charge is 0.334 e. The molecule has 1 heterocycles. The lowest BCUT2D eigenvalue weighted by molar-refractivity contribution is -0.167. The summed E-state index contributed by atoms with van der Waals surface area (Å²) in [5.74, 6) is -0.271. The Balaban J connectivity index is 1.94. The van der Waals surface area contributed by atoms with Crippen molar-refractivity contribution >= 4 is 11.9 Å². The molecule has 6 nitrogen and oxygen atoms in total. The quantitative estimate of drug-likeness (QED) is 0.896. The molecule has 0 aliphatic carbocycles. The van der Waals surface area contributed by atoms with Gasteiger partial charge in [0.25, 0.3) is 5.91 Å². The van der Waals surface area contributed by atoms with E-state index in [4.69, 9.17) is 14.6 Å². The number of morpholine rings is 1. The van der Waals surface area contributed by atoms with E-state index in [1.807, 2.05) is 18.2 Å². The molecular formula is C17H23NO5. The van der Waals surface area contributed by atoms with Gasteiger partial charge in [0, 0.05) is 6.54 Å². The zero-order valence-electron chi connectivity index (χ0n) is 13.7. The number of hydrogen-bond acceptors (Lipinski definition) is 4. The first-order chi connectivity index (χ1) is 10.9. The highest BCUT2D eigenvalue weighted by atomic mass is 16.5. The molecule has 1 aromatic rings. The van der Waals surface area contributed by atoms with E-state index in [0.717, 1.165) is 5.56 Å². The van der Waals surface area contributed by atoms with Gasteiger partial charge in [0.2, 0.25) is 0 Å². The first kappa shape index (κ1) is 17.3. The van der Waals surface area contributed by atoms with E-state index in [0.29, 0.717) is 18.2 Å². The van der Waals surface area contributed by atoms with Gasteiger partial charge in [-0.3, -0.25) is 4.79 Å². The summed E-state index contributed by atoms with van der Waals surface area (Å²) >= 11 is 0. The van der Waals surface area contributed by atoms with Crippen LogP contribution in [0.5, 0.6) is 5.75 Å². The summed E-state index contributed by atoms with van der Waals surface area (Å²) < 4.78 is 10.9. The fourth-order valence-electron chi connectivity index (χ4n) is 2.49. The average Bonchev–Trinajstić information content (AvgIpc) is 2.52. The molecule has 1 fully saturated rings. The van der Waals surface area contributed by atoms with Crippen molar-refractivity contribution in [1.29, 1.82) is 0 Å². The van der Waals surface area contributed by atoms with Gasteiger partial charge in [-0.15, -0.1) is 0 Å². The van der Waals surface area contributed by atoms with Gasteiger partial charge in [0.1, 0.15) is 5.75 Å². The number of hydrogen-bond donors (Lipinski definition) is 1. The van der Waals surface area contributed by atoms with Gasteiger partial charge < -0.3 is 19.5 Å². The van der Waals surface area contributed by atoms with Crippen molar-refractivity contribution in [2.75, 3.05) is 19.7 Å². The van der Waals surface area contributed by atoms with Crippen molar-refractivity contribution < 1.29 is 24.2 Å². The zero-order chi connectivity index (χ0) is 17.0. The maximum atomic E-state index is 12.3. The van der Waals surface area contributed by atoms with Crippen LogP contribution < -0.4 is 4.74 Å². The molecule has 1 amide bonds. The molecule has 1 aliphatic rings. The van der Waals surface area contributed by atoms with Crippen molar-refractivity contribution in [3.63, 3.8) is 0 Å². The Bertz CT molecular complexity index is 572. The third kappa shape index (κ3) is 4.69. The van der Waals surface area contributed by atoms with Crippen molar-refractivity contribution in [2.24, 2.45) is 0 Å². The fourth-order valence-corrected chi connectivity index (χ4v) is 2.49. The number of rotatable bonds is 5. The minimum absolute atomic E-state index is 0.0495. The minimum atomic E-state index is -1.06. The molecule has 2 atom stereocenters. The van der Waals surface area contributed by atoms with Gasteiger partial charge in [-0.25, -0.2) is 4.79 Å². The molecule has 1 saturated heterocycles. The monoisotopic (exact) mass is 321 g/mol. The molecule has 1 aliphatic heterocycles. The summed E-state index contributed by atoms with van der Waals surface area (Å²) in [7, 11) is 0. The predicted octanol–water partition coefficient (Wildman–Crippen LogP) is 1.89. The highest BCUT2D eigenvalue weighted by molar-refractivity contribution is 5.80. The van der Waals surface area contributed by atoms with Crippen LogP contribution in [0.15, 0.2) is 24.3 Å². The van der Waals surface area contributed by atoms with Gasteiger partial charge in [-0.2, -0.15) is 0 Å². The first-order valence-corrected chi connectivity index (χ1v) is 7.75. The van der Waals surface area contributed by atoms with Gasteiger partial charge in [-0.05, 0) is 30.5 Å². The van der Waals surface area contributed by atoms with E-state index >= 15 is 0 Å². The van der Waals surface area contributed by atoms with Crippen LogP contribution in [0, 0.1) is 0 Å². The summed E-state index contributed by atoms with van der Waals surface area (Å²) in [6.07, 6.45) is -1.29. The Morgan fingerprint density at radius 3 is 2.78 bits per heavy atom. The van der Waals surface area contributed by atoms with Crippen LogP contribution >= 0.6 is 0 Å². The second kappa shape index (κ2) is 7.46. The van der Waals surface area contributed by atoms with Crippen molar-refractivity contribution in [3.8, 4) is 5.75 Å². The lowest BCUT2D eigenvalue weighted by Crippen LogP contribution is -2.52. The molecule has 2 rings (SSSR count). The van der Waals surface area contributed by atoms with E-state index in [9.17, 15) is 9.59 Å². The largest absolute Gasteiger partial charge is 0.484 e. The maximum absolute atomic E-state index is 12.3. The Morgan fingerprint density at radius 1 is 1.39 bits per heavy atom. The van der Waals surface area contributed by atoms with Crippen LogP contribution in [0.1, 0.15) is 32.3 Å². The fraction of sp³-hybridized carbons (Fsp3) is 0.529. The first-order valence-electron chi connectivity index (χ1n) is 7.75. The number of benzene rings is 1. The molecule has 0 radical (unpaired) electrons. The number of carboxylic acid groups (broad SMARTS) is 1. The van der Waals surface area contributed by atoms with Crippen LogP contribution in [0.3, 0.4) is 0 Å². The molecule has 1 unspecified atom stereocenters. The second-order valence-corrected chi connectivity index (χ2v) is 6.09. The van der Waals surface area contributed by atoms with Crippen LogP contribution in [0.25, 0.3) is 0 Å². The topological polar surface area (TPSA) is 76.1 Å². The standard InChI is InChI=1S/C17H23NO5/c1-11(2)13-5-4-6-14(7-13)22-10-16(19)18-8-12(3)23-15(9-18)17(20)21/h4-7,11-12,15H,8-10H2,1-3H3,(H,20,21)/t12-,15?/m1/s1. The van der Waals surface area contributed by atoms with E-state index in [-0.39, 0.29) is 25.2 Å². The molecule has 1 aromatic carbocycles. The van der Waals surface area contributed by atoms with Crippen LogP contribution in [0.4, 0.5) is 0 Å². The number of aliphatic carboxylic acids is 1. The van der Waals surface area contributed by atoms with Crippen LogP contribution in [-0.2, 0) is 14.3 Å². The van der Waals surface area contributed by atoms with Crippen molar-refractivity contribution in [2.45, 2.75) is 38.9 Å². The van der Waals surface area contributed by atoms with Crippen LogP contribution in [0.2, 0.25) is 0 Å². The predicted molar refractivity (Wildman–Crippen MR) is 84.6 cm³/mol. The van der Waals surface area contributed by atoms with E-state index < -0.39 is 12.1 Å². The zero-order valence-corrected chi connectivity index (χ0v) is 13.7. The SMILES string of the molecule is CC(C)c1cccc(OCC(=O)N2CC(C(=O)O)O[C@H](C)C2)c1. The number of carboxylic acids is 1. The van der Waals surface area contributed by atoms with E-state index in [1.165, 1.54) is 4.90 Å². The molecule has 0 bridgehead atoms. The summed E-state index contributed by atoms with van der Waals surface area (Å²) in [6, 6.07) is 7.63. The number of carbonyl (C=O) groups excluding carboxylic acids is 1. The van der Waals surface area contributed by atoms with E-state index in [1.54, 1.807) is 13.0 Å². The Labute approximate surface area is 136 Å². The molecule has 6 heteroatoms. The average molecular weight is 321 g/mol. The molecule has 0 aromatic heterocycles. The Hall–Kier alpha value is -2.08. The third-order valence-electron chi connectivity index (χ3n) is 3.78. The molecule has 126 valence electrons. The van der Waals surface area contributed by atoms with Crippen molar-refractivity contribution in [1.82, 2.24) is 4.90 Å². The highest BCUT2D eigenvalue weighted by Crippen LogP contribution is 2.20. The Morgan fingerprint density at radius 2 is 2.13 bits per heavy atom. The van der Waals surface area contributed by atoms with Crippen molar-refractivity contribution in [3.05, 3.63) is 29.8 Å². The summed E-state index contributed by atoms with van der Waals surface area (Å²) in [5, 5.41) is 9.05. The number of nitrogens with zero attached hydrogens (tertiary/aromatic N) is 1. The van der Waals surface area contributed by atoms with Gasteiger partial charge in [0.05, 0.1) is 12.6 Å². The number of carbonyl (C=O) groups is 2. The molecular weight excluding hydrogens is 298 g/mol. The maximum Gasteiger partial charge on any atom is 0.334 e. The molecule has 1 N–H and O–H groups in total. The van der Waals surface area contributed by atoms with Crippen LogP contribution in [-0.4, -0.2) is 53.8 Å². The van der Waals surface area contributed by atoms with Gasteiger partial charge >= 0.3 is 5.97 Å². The molecule has 0 spiro atoms. The summed E-state index contributed by atoms with van der Waals surface area (Å²) in [4.78, 5) is 24.8. The number of amides is 1. The third-order valence-corrected chi connectivity index (χ3v) is 3.78.